The van der Waals surface area contributed by atoms with E-state index in [0.717, 1.165) is 34.8 Å². The van der Waals surface area contributed by atoms with Gasteiger partial charge in [-0.15, -0.1) is 0 Å². The van der Waals surface area contributed by atoms with Crippen molar-refractivity contribution in [2.75, 3.05) is 0 Å². The maximum absolute atomic E-state index is 11.4. The Kier molecular flexibility index (Phi) is 5.20. The fraction of sp³-hybridized carbons (Fsp3) is 0.455. The Bertz CT molecular complexity index is 457. The zero-order valence-corrected chi connectivity index (χ0v) is 12.2. The van der Waals surface area contributed by atoms with Crippen molar-refractivity contribution in [1.29, 1.82) is 0 Å². The van der Waals surface area contributed by atoms with Crippen LogP contribution in [0.5, 0.6) is 0 Å². The summed E-state index contributed by atoms with van der Waals surface area (Å²) in [5.74, 6) is 0. The van der Waals surface area contributed by atoms with E-state index in [4.69, 9.17) is 5.14 Å². The Morgan fingerprint density at radius 2 is 2.00 bits per heavy atom. The highest BCUT2D eigenvalue weighted by atomic mass is 127. The van der Waals surface area contributed by atoms with Crippen molar-refractivity contribution in [1.82, 2.24) is 0 Å². The summed E-state index contributed by atoms with van der Waals surface area (Å²) in [4.78, 5) is 0.268. The lowest BCUT2D eigenvalue weighted by Gasteiger charge is -2.08. The molecule has 2 N–H and O–H groups in total. The molecule has 0 atom stereocenters. The van der Waals surface area contributed by atoms with Crippen molar-refractivity contribution in [2.24, 2.45) is 5.14 Å². The molecule has 0 saturated heterocycles. The molecule has 0 aliphatic rings. The average molecular weight is 353 g/mol. The van der Waals surface area contributed by atoms with Gasteiger partial charge in [0.05, 0.1) is 4.90 Å². The third kappa shape index (κ3) is 4.03. The molecule has 0 amide bonds. The number of rotatable bonds is 5. The number of benzene rings is 1. The first kappa shape index (κ1) is 13.9. The summed E-state index contributed by atoms with van der Waals surface area (Å²) in [5, 5.41) is 5.18. The molecule has 5 heteroatoms. The lowest BCUT2D eigenvalue weighted by Crippen LogP contribution is -2.14. The molecule has 0 radical (unpaired) electrons. The minimum atomic E-state index is -3.59. The number of primary sulfonamides is 1. The lowest BCUT2D eigenvalue weighted by atomic mass is 10.1. The average Bonchev–Trinajstić information content (AvgIpc) is 2.16. The summed E-state index contributed by atoms with van der Waals surface area (Å²) < 4.78 is 23.8. The van der Waals surface area contributed by atoms with Crippen LogP contribution in [-0.4, -0.2) is 8.42 Å². The van der Waals surface area contributed by atoms with E-state index in [2.05, 4.69) is 29.5 Å². The van der Waals surface area contributed by atoms with Gasteiger partial charge in [0.25, 0.3) is 0 Å². The van der Waals surface area contributed by atoms with Crippen LogP contribution in [0.25, 0.3) is 0 Å². The number of unbranched alkanes of at least 4 members (excludes halogenated alkanes) is 2. The second-order valence-electron chi connectivity index (χ2n) is 3.75. The molecule has 0 unspecified atom stereocenters. The van der Waals surface area contributed by atoms with Crippen molar-refractivity contribution in [3.05, 3.63) is 27.3 Å². The summed E-state index contributed by atoms with van der Waals surface area (Å²) >= 11 is 2.18. The van der Waals surface area contributed by atoms with Gasteiger partial charge in [-0.1, -0.05) is 19.8 Å². The van der Waals surface area contributed by atoms with E-state index in [1.807, 2.05) is 6.07 Å². The molecule has 16 heavy (non-hydrogen) atoms. The topological polar surface area (TPSA) is 60.2 Å². The smallest absolute Gasteiger partial charge is 0.225 e. The lowest BCUT2D eigenvalue weighted by molar-refractivity contribution is 0.595. The Hall–Kier alpha value is -0.140. The van der Waals surface area contributed by atoms with Gasteiger partial charge in [0.15, 0.2) is 0 Å². The van der Waals surface area contributed by atoms with Gasteiger partial charge in [0.2, 0.25) is 10.0 Å². The fourth-order valence-corrected chi connectivity index (χ4v) is 2.93. The van der Waals surface area contributed by atoms with Crippen LogP contribution in [0.2, 0.25) is 0 Å². The highest BCUT2D eigenvalue weighted by molar-refractivity contribution is 14.1. The summed E-state index contributed by atoms with van der Waals surface area (Å²) in [6, 6.07) is 5.26. The number of hydrogen-bond donors (Lipinski definition) is 1. The highest BCUT2D eigenvalue weighted by Crippen LogP contribution is 2.19. The van der Waals surface area contributed by atoms with E-state index >= 15 is 0 Å². The first-order valence-corrected chi connectivity index (χ1v) is 7.89. The molecule has 1 aromatic rings. The number of sulfonamides is 1. The zero-order chi connectivity index (χ0) is 12.2. The second kappa shape index (κ2) is 5.97. The number of nitrogens with two attached hydrogens (primary N) is 1. The maximum atomic E-state index is 11.4. The molecule has 0 aromatic heterocycles. The maximum Gasteiger partial charge on any atom is 0.238 e. The van der Waals surface area contributed by atoms with Crippen LogP contribution in [-0.2, 0) is 16.4 Å². The molecule has 0 heterocycles. The summed E-state index contributed by atoms with van der Waals surface area (Å²) in [6.45, 7) is 2.12. The van der Waals surface area contributed by atoms with Crippen LogP contribution < -0.4 is 5.14 Å². The largest absolute Gasteiger partial charge is 0.238 e. The van der Waals surface area contributed by atoms with Crippen LogP contribution in [0.1, 0.15) is 31.7 Å². The Balaban J connectivity index is 3.00. The molecule has 0 fully saturated rings. The van der Waals surface area contributed by atoms with Crippen molar-refractivity contribution < 1.29 is 8.42 Å². The fourth-order valence-electron chi connectivity index (χ4n) is 1.59. The molecule has 0 bridgehead atoms. The van der Waals surface area contributed by atoms with Crippen molar-refractivity contribution in [3.63, 3.8) is 0 Å². The molecule has 3 nitrogen and oxygen atoms in total. The standard InChI is InChI=1S/C11H16INO2S/c1-2-3-4-5-9-8-10(12)6-7-11(9)16(13,14)15/h6-8H,2-5H2,1H3,(H2,13,14,15). The predicted octanol–water partition coefficient (Wildman–Crippen LogP) is 2.67. The minimum Gasteiger partial charge on any atom is -0.225 e. The monoisotopic (exact) mass is 353 g/mol. The van der Waals surface area contributed by atoms with Gasteiger partial charge >= 0.3 is 0 Å². The molecular weight excluding hydrogens is 337 g/mol. The molecule has 0 spiro atoms. The van der Waals surface area contributed by atoms with Gasteiger partial charge in [0.1, 0.15) is 0 Å². The van der Waals surface area contributed by atoms with E-state index < -0.39 is 10.0 Å². The van der Waals surface area contributed by atoms with Crippen molar-refractivity contribution in [2.45, 2.75) is 37.5 Å². The van der Waals surface area contributed by atoms with Gasteiger partial charge in [-0.3, -0.25) is 0 Å². The van der Waals surface area contributed by atoms with Crippen LogP contribution in [0, 0.1) is 3.57 Å². The summed E-state index contributed by atoms with van der Waals surface area (Å²) in [6.07, 6.45) is 4.00. The van der Waals surface area contributed by atoms with E-state index in [-0.39, 0.29) is 4.90 Å². The van der Waals surface area contributed by atoms with Gasteiger partial charge in [-0.05, 0) is 59.2 Å². The zero-order valence-electron chi connectivity index (χ0n) is 9.24. The summed E-state index contributed by atoms with van der Waals surface area (Å²) in [5.41, 5.74) is 0.836. The first-order valence-electron chi connectivity index (χ1n) is 5.26. The van der Waals surface area contributed by atoms with Crippen LogP contribution >= 0.6 is 22.6 Å². The van der Waals surface area contributed by atoms with Gasteiger partial charge in [-0.25, -0.2) is 13.6 Å². The predicted molar refractivity (Wildman–Crippen MR) is 73.8 cm³/mol. The number of aryl methyl sites for hydroxylation is 1. The third-order valence-corrected chi connectivity index (χ3v) is 4.06. The Morgan fingerprint density at radius 3 is 2.56 bits per heavy atom. The van der Waals surface area contributed by atoms with Gasteiger partial charge in [0, 0.05) is 3.57 Å². The van der Waals surface area contributed by atoms with E-state index in [0.29, 0.717) is 0 Å². The van der Waals surface area contributed by atoms with Crippen LogP contribution in [0.4, 0.5) is 0 Å². The molecule has 0 aliphatic carbocycles. The molecule has 1 rings (SSSR count). The molecule has 0 aliphatic heterocycles. The third-order valence-electron chi connectivity index (χ3n) is 2.38. The minimum absolute atomic E-state index is 0.268. The normalized spacial score (nSPS) is 11.7. The molecular formula is C11H16INO2S. The van der Waals surface area contributed by atoms with Crippen molar-refractivity contribution in [3.8, 4) is 0 Å². The van der Waals surface area contributed by atoms with E-state index in [1.54, 1.807) is 12.1 Å². The second-order valence-corrected chi connectivity index (χ2v) is 6.53. The van der Waals surface area contributed by atoms with Gasteiger partial charge in [-0.2, -0.15) is 0 Å². The van der Waals surface area contributed by atoms with Crippen molar-refractivity contribution >= 4 is 32.6 Å². The summed E-state index contributed by atoms with van der Waals surface area (Å²) in [7, 11) is -3.59. The number of hydrogen-bond acceptors (Lipinski definition) is 2. The van der Waals surface area contributed by atoms with Crippen LogP contribution in [0.3, 0.4) is 0 Å². The highest BCUT2D eigenvalue weighted by Gasteiger charge is 2.13. The Labute approximate surface area is 111 Å². The number of halogens is 1. The molecule has 90 valence electrons. The molecule has 0 saturated carbocycles. The van der Waals surface area contributed by atoms with Gasteiger partial charge < -0.3 is 0 Å². The SMILES string of the molecule is CCCCCc1cc(I)ccc1S(N)(=O)=O. The molecule has 1 aromatic carbocycles. The van der Waals surface area contributed by atoms with Crippen LogP contribution in [0.15, 0.2) is 23.1 Å². The Morgan fingerprint density at radius 1 is 1.31 bits per heavy atom. The van der Waals surface area contributed by atoms with E-state index in [9.17, 15) is 8.42 Å². The van der Waals surface area contributed by atoms with E-state index in [1.165, 1.54) is 0 Å². The quantitative estimate of drug-likeness (QED) is 0.654. The first-order chi connectivity index (χ1) is 7.45.